The number of rotatable bonds is 7. The summed E-state index contributed by atoms with van der Waals surface area (Å²) >= 11 is 0. The Morgan fingerprint density at radius 3 is 2.59 bits per heavy atom. The van der Waals surface area contributed by atoms with E-state index in [1.54, 1.807) is 24.3 Å². The molecule has 14 heteroatoms. The molecule has 176 valence electrons. The molecule has 1 aromatic rings. The van der Waals surface area contributed by atoms with Crippen LogP contribution < -0.4 is 36.8 Å². The number of nitrogens with two attached hydrogens (primary N) is 1. The minimum absolute atomic E-state index is 0. The fourth-order valence-electron chi connectivity index (χ4n) is 4.33. The molecule has 13 nitrogen and oxygen atoms in total. The average Bonchev–Trinajstić information content (AvgIpc) is 3.20. The second-order valence-corrected chi connectivity index (χ2v) is 8.14. The molecule has 1 aromatic carbocycles. The van der Waals surface area contributed by atoms with E-state index in [2.05, 4.69) is 30.7 Å². The van der Waals surface area contributed by atoms with Gasteiger partial charge in [0.05, 0.1) is 18.7 Å². The number of guanidine groups is 1. The number of hydrogen-bond acceptors (Lipinski definition) is 11. The summed E-state index contributed by atoms with van der Waals surface area (Å²) in [6.07, 6.45) is -1.26. The second-order valence-electron chi connectivity index (χ2n) is 8.14. The Kier molecular flexibility index (Phi) is 8.36. The zero-order valence-electron chi connectivity index (χ0n) is 18.2. The maximum atomic E-state index is 12.5. The molecule has 4 rings (SSSR count). The minimum atomic E-state index is -1.57. The third-order valence-electron chi connectivity index (χ3n) is 5.97. The second kappa shape index (κ2) is 10.9. The van der Waals surface area contributed by atoms with Crippen LogP contribution in [0.5, 0.6) is 0 Å². The molecule has 2 fully saturated rings. The summed E-state index contributed by atoms with van der Waals surface area (Å²) in [7, 11) is 0. The fraction of sp³-hybridized carbons (Fsp3) is 0.450. The normalized spacial score (nSPS) is 24.6. The monoisotopic (exact) mass is 497 g/mol. The van der Waals surface area contributed by atoms with Gasteiger partial charge >= 0.3 is 37.7 Å². The number of carboxylic acids is 2. The van der Waals surface area contributed by atoms with Crippen LogP contribution in [0.1, 0.15) is 23.2 Å². The van der Waals surface area contributed by atoms with Gasteiger partial charge in [0.25, 0.3) is 5.91 Å². The van der Waals surface area contributed by atoms with Gasteiger partial charge in [-0.1, -0.05) is 0 Å². The number of carbonyl (C=O) groups excluding carboxylic acids is 4. The first-order chi connectivity index (χ1) is 15.7. The Labute approximate surface area is 224 Å². The van der Waals surface area contributed by atoms with E-state index in [1.165, 1.54) is 0 Å². The Hall–Kier alpha value is -2.45. The van der Waals surface area contributed by atoms with Crippen molar-refractivity contribution < 1.29 is 29.4 Å². The summed E-state index contributed by atoms with van der Waals surface area (Å²) in [5.41, 5.74) is 6.69. The first-order valence-corrected chi connectivity index (χ1v) is 10.4. The number of anilines is 1. The summed E-state index contributed by atoms with van der Waals surface area (Å²) in [6, 6.07) is 4.72. The van der Waals surface area contributed by atoms with Crippen LogP contribution in [-0.4, -0.2) is 116 Å². The predicted octanol–water partition coefficient (Wildman–Crippen LogP) is -5.13. The molecule has 2 amide bonds. The van der Waals surface area contributed by atoms with Gasteiger partial charge in [-0.05, 0) is 37.1 Å². The zero-order valence-corrected chi connectivity index (χ0v) is 20.4. The molecule has 0 radical (unpaired) electrons. The summed E-state index contributed by atoms with van der Waals surface area (Å²) in [5.74, 6) is -3.75. The molecule has 0 aromatic heterocycles. The number of carboxylic acid groups (broad SMARTS) is 2. The maximum absolute atomic E-state index is 12.5. The van der Waals surface area contributed by atoms with E-state index < -0.39 is 42.5 Å². The van der Waals surface area contributed by atoms with E-state index in [0.29, 0.717) is 19.8 Å². The number of nitrogens with one attached hydrogen (secondary N) is 3. The van der Waals surface area contributed by atoms with Crippen LogP contribution in [-0.2, 0) is 14.4 Å². The van der Waals surface area contributed by atoms with Crippen molar-refractivity contribution in [3.8, 4) is 0 Å². The number of aliphatic carboxylic acids is 2. The van der Waals surface area contributed by atoms with Crippen LogP contribution >= 0.6 is 0 Å². The van der Waals surface area contributed by atoms with Crippen molar-refractivity contribution in [2.75, 3.05) is 24.7 Å². The number of fused-ring (bicyclic) bond motifs is 3. The third-order valence-corrected chi connectivity index (χ3v) is 5.97. The molecule has 3 aliphatic rings. The van der Waals surface area contributed by atoms with Crippen molar-refractivity contribution >= 4 is 73.1 Å². The van der Waals surface area contributed by atoms with Gasteiger partial charge in [-0.3, -0.25) is 25.1 Å². The molecule has 2 unspecified atom stereocenters. The Bertz CT molecular complexity index is 1000. The molecule has 3 heterocycles. The number of hydrogen-bond donors (Lipinski definition) is 4. The van der Waals surface area contributed by atoms with Crippen LogP contribution in [0.15, 0.2) is 29.3 Å². The smallest absolute Gasteiger partial charge is 0.550 e. The van der Waals surface area contributed by atoms with Gasteiger partial charge in [-0.2, -0.15) is 0 Å². The van der Waals surface area contributed by atoms with E-state index in [4.69, 9.17) is 5.73 Å². The summed E-state index contributed by atoms with van der Waals surface area (Å²) in [5, 5.41) is 29.8. The van der Waals surface area contributed by atoms with E-state index >= 15 is 0 Å². The van der Waals surface area contributed by atoms with Gasteiger partial charge in [-0.15, -0.1) is 0 Å². The quantitative estimate of drug-likeness (QED) is 0.265. The van der Waals surface area contributed by atoms with Crippen LogP contribution in [0.3, 0.4) is 0 Å². The van der Waals surface area contributed by atoms with Crippen molar-refractivity contribution in [2.45, 2.75) is 37.1 Å². The maximum Gasteiger partial charge on any atom is 2.00 e. The van der Waals surface area contributed by atoms with E-state index in [0.717, 1.165) is 5.69 Å². The van der Waals surface area contributed by atoms with Crippen molar-refractivity contribution in [2.24, 2.45) is 10.7 Å². The first kappa shape index (κ1) is 26.2. The first-order valence-electron chi connectivity index (χ1n) is 10.4. The van der Waals surface area contributed by atoms with Gasteiger partial charge in [-0.25, -0.2) is 4.99 Å². The van der Waals surface area contributed by atoms with E-state index in [1.807, 2.05) is 0 Å². The van der Waals surface area contributed by atoms with Gasteiger partial charge in [0, 0.05) is 36.4 Å². The topological polar surface area (TPSA) is 195 Å². The predicted molar refractivity (Wildman–Crippen MR) is 116 cm³/mol. The SMILES string of the molecule is NC1=NC2NC[C@@H]3CN(c4ccc(C(=O)N[C@@H](CCC(=O)[O-])C(=O)[O-])cc4)CN3C2C(=O)N1.[Ca+2]. The number of amides is 2. The molecule has 0 aliphatic carbocycles. The van der Waals surface area contributed by atoms with E-state index in [9.17, 15) is 29.4 Å². The van der Waals surface area contributed by atoms with Gasteiger partial charge < -0.3 is 35.8 Å². The molecule has 2 saturated heterocycles. The number of nitrogens with zero attached hydrogens (tertiary/aromatic N) is 3. The minimum Gasteiger partial charge on any atom is -0.550 e. The fourth-order valence-corrected chi connectivity index (χ4v) is 4.33. The standard InChI is InChI=1S/C20H25N7O6.Ca/c21-20-24-16-15(18(31)25-20)27-9-26(8-12(27)7-22-16)11-3-1-10(2-4-11)17(30)23-13(19(32)33)5-6-14(28)29;/h1-4,12-13,15-16,22H,5-9H2,(H,23,30)(H,28,29)(H,32,33)(H3,21,24,25,31);/q;+2/p-2/t12-,13+,15?,16?;/m1./s1. The number of carbonyl (C=O) groups is 4. The van der Waals surface area contributed by atoms with Crippen molar-refractivity contribution in [3.63, 3.8) is 0 Å². The molecule has 34 heavy (non-hydrogen) atoms. The molecule has 0 saturated carbocycles. The van der Waals surface area contributed by atoms with Gasteiger partial charge in [0.2, 0.25) is 5.91 Å². The molecule has 0 spiro atoms. The summed E-state index contributed by atoms with van der Waals surface area (Å²) < 4.78 is 0. The van der Waals surface area contributed by atoms with Crippen molar-refractivity contribution in [3.05, 3.63) is 29.8 Å². The molecule has 5 N–H and O–H groups in total. The number of aliphatic imine (C=N–C) groups is 1. The number of piperazine rings is 1. The Balaban J connectivity index is 0.00000324. The van der Waals surface area contributed by atoms with Gasteiger partial charge in [0.1, 0.15) is 12.2 Å². The summed E-state index contributed by atoms with van der Waals surface area (Å²) in [6.45, 7) is 1.78. The Morgan fingerprint density at radius 1 is 1.24 bits per heavy atom. The van der Waals surface area contributed by atoms with Gasteiger partial charge in [0.15, 0.2) is 5.96 Å². The molecule has 4 atom stereocenters. The Morgan fingerprint density at radius 2 is 1.94 bits per heavy atom. The third kappa shape index (κ3) is 5.61. The zero-order chi connectivity index (χ0) is 23.7. The van der Waals surface area contributed by atoms with E-state index in [-0.39, 0.29) is 67.6 Å². The average molecular weight is 498 g/mol. The van der Waals surface area contributed by atoms with Crippen LogP contribution in [0.4, 0.5) is 5.69 Å². The van der Waals surface area contributed by atoms with Crippen molar-refractivity contribution in [1.82, 2.24) is 20.9 Å². The molecule has 3 aliphatic heterocycles. The summed E-state index contributed by atoms with van der Waals surface area (Å²) in [4.78, 5) is 55.0. The largest absolute Gasteiger partial charge is 2.00 e. The van der Waals surface area contributed by atoms with Crippen LogP contribution in [0.2, 0.25) is 0 Å². The van der Waals surface area contributed by atoms with Crippen LogP contribution in [0.25, 0.3) is 0 Å². The van der Waals surface area contributed by atoms with Crippen molar-refractivity contribution in [1.29, 1.82) is 0 Å². The molecular formula is C20H23CaN7O6. The molecular weight excluding hydrogens is 474 g/mol. The van der Waals surface area contributed by atoms with Crippen LogP contribution in [0, 0.1) is 0 Å². The number of benzene rings is 1. The molecule has 0 bridgehead atoms.